The fourth-order valence-corrected chi connectivity index (χ4v) is 2.70. The maximum atomic E-state index is 12.5. The van der Waals surface area contributed by atoms with Crippen molar-refractivity contribution in [3.8, 4) is 0 Å². The van der Waals surface area contributed by atoms with Crippen LogP contribution >= 0.6 is 0 Å². The molecule has 0 bridgehead atoms. The van der Waals surface area contributed by atoms with Crippen molar-refractivity contribution in [2.75, 3.05) is 31.6 Å². The van der Waals surface area contributed by atoms with E-state index in [1.807, 2.05) is 37.3 Å². The van der Waals surface area contributed by atoms with Gasteiger partial charge in [0.05, 0.1) is 19.3 Å². The summed E-state index contributed by atoms with van der Waals surface area (Å²) in [5.74, 6) is 0.0354. The molecule has 21 heavy (non-hydrogen) atoms. The lowest BCUT2D eigenvalue weighted by Gasteiger charge is -2.31. The van der Waals surface area contributed by atoms with Crippen molar-refractivity contribution in [3.05, 3.63) is 42.5 Å². The van der Waals surface area contributed by atoms with Crippen LogP contribution in [0.5, 0.6) is 0 Å². The highest BCUT2D eigenvalue weighted by Crippen LogP contribution is 2.23. The molecule has 0 aromatic heterocycles. The Bertz CT molecular complexity index is 630. The predicted molar refractivity (Wildman–Crippen MR) is 84.4 cm³/mol. The molecule has 1 atom stereocenters. The molecular weight excluding hydrogens is 264 g/mol. The standard InChI is InChI=1S/C17H20N2O2/c1-13(19-9-11-21-12-10-19)17(20)18-16-8-4-6-14-5-2-3-7-15(14)16/h2-8,13H,9-12H2,1H3,(H,18,20). The SMILES string of the molecule is CC(C(=O)Nc1cccc2ccccc12)N1CCOCC1. The van der Waals surface area contributed by atoms with E-state index < -0.39 is 0 Å². The van der Waals surface area contributed by atoms with Gasteiger partial charge in [-0.15, -0.1) is 0 Å². The zero-order valence-electron chi connectivity index (χ0n) is 12.2. The summed E-state index contributed by atoms with van der Waals surface area (Å²) in [6.07, 6.45) is 0. The molecule has 1 saturated heterocycles. The molecule has 3 rings (SSSR count). The van der Waals surface area contributed by atoms with E-state index in [4.69, 9.17) is 4.74 Å². The second-order valence-corrected chi connectivity index (χ2v) is 5.34. The topological polar surface area (TPSA) is 41.6 Å². The van der Waals surface area contributed by atoms with Crippen LogP contribution in [0, 0.1) is 0 Å². The molecule has 4 nitrogen and oxygen atoms in total. The summed E-state index contributed by atoms with van der Waals surface area (Å²) in [4.78, 5) is 14.6. The number of nitrogens with zero attached hydrogens (tertiary/aromatic N) is 1. The van der Waals surface area contributed by atoms with Gasteiger partial charge in [-0.1, -0.05) is 36.4 Å². The largest absolute Gasteiger partial charge is 0.379 e. The third-order valence-electron chi connectivity index (χ3n) is 4.02. The Morgan fingerprint density at radius 3 is 2.67 bits per heavy atom. The summed E-state index contributed by atoms with van der Waals surface area (Å²) < 4.78 is 5.33. The Labute approximate surface area is 124 Å². The lowest BCUT2D eigenvalue weighted by Crippen LogP contribution is -2.47. The number of benzene rings is 2. The van der Waals surface area contributed by atoms with Crippen LogP contribution in [0.1, 0.15) is 6.92 Å². The van der Waals surface area contributed by atoms with Crippen LogP contribution in [0.25, 0.3) is 10.8 Å². The smallest absolute Gasteiger partial charge is 0.241 e. The molecule has 0 spiro atoms. The van der Waals surface area contributed by atoms with Gasteiger partial charge in [0.15, 0.2) is 0 Å². The summed E-state index contributed by atoms with van der Waals surface area (Å²) in [5, 5.41) is 5.27. The van der Waals surface area contributed by atoms with Crippen molar-refractivity contribution in [2.24, 2.45) is 0 Å². The van der Waals surface area contributed by atoms with Crippen LogP contribution in [0.2, 0.25) is 0 Å². The molecule has 1 amide bonds. The van der Waals surface area contributed by atoms with Gasteiger partial charge in [0, 0.05) is 24.2 Å². The number of hydrogen-bond acceptors (Lipinski definition) is 3. The highest BCUT2D eigenvalue weighted by atomic mass is 16.5. The van der Waals surface area contributed by atoms with Gasteiger partial charge < -0.3 is 10.1 Å². The Kier molecular flexibility index (Phi) is 4.18. The maximum Gasteiger partial charge on any atom is 0.241 e. The zero-order chi connectivity index (χ0) is 14.7. The average molecular weight is 284 g/mol. The Balaban J connectivity index is 1.76. The number of anilines is 1. The molecule has 1 aliphatic rings. The number of hydrogen-bond donors (Lipinski definition) is 1. The first-order valence-electron chi connectivity index (χ1n) is 7.36. The molecular formula is C17H20N2O2. The Morgan fingerprint density at radius 1 is 1.14 bits per heavy atom. The van der Waals surface area contributed by atoms with Gasteiger partial charge >= 0.3 is 0 Å². The van der Waals surface area contributed by atoms with Crippen molar-refractivity contribution >= 4 is 22.4 Å². The fraction of sp³-hybridized carbons (Fsp3) is 0.353. The second-order valence-electron chi connectivity index (χ2n) is 5.34. The molecule has 2 aromatic carbocycles. The molecule has 1 aliphatic heterocycles. The van der Waals surface area contributed by atoms with E-state index >= 15 is 0 Å². The van der Waals surface area contributed by atoms with E-state index in [0.717, 1.165) is 29.5 Å². The van der Waals surface area contributed by atoms with Crippen molar-refractivity contribution in [1.29, 1.82) is 0 Å². The molecule has 0 saturated carbocycles. The number of morpholine rings is 1. The minimum Gasteiger partial charge on any atom is -0.379 e. The lowest BCUT2D eigenvalue weighted by atomic mass is 10.1. The molecule has 0 radical (unpaired) electrons. The van der Waals surface area contributed by atoms with Gasteiger partial charge in [0.1, 0.15) is 0 Å². The number of carbonyl (C=O) groups excluding carboxylic acids is 1. The molecule has 2 aromatic rings. The molecule has 1 N–H and O–H groups in total. The summed E-state index contributed by atoms with van der Waals surface area (Å²) in [5.41, 5.74) is 0.873. The number of fused-ring (bicyclic) bond motifs is 1. The zero-order valence-corrected chi connectivity index (χ0v) is 12.2. The number of carbonyl (C=O) groups is 1. The second kappa shape index (κ2) is 6.24. The molecule has 4 heteroatoms. The van der Waals surface area contributed by atoms with Crippen LogP contribution in [-0.2, 0) is 9.53 Å². The van der Waals surface area contributed by atoms with Gasteiger partial charge in [0.2, 0.25) is 5.91 Å². The number of rotatable bonds is 3. The summed E-state index contributed by atoms with van der Waals surface area (Å²) in [6, 6.07) is 13.9. The minimum atomic E-state index is -0.145. The molecule has 1 fully saturated rings. The van der Waals surface area contributed by atoms with E-state index in [2.05, 4.69) is 22.3 Å². The van der Waals surface area contributed by atoms with Crippen LogP contribution in [0.15, 0.2) is 42.5 Å². The van der Waals surface area contributed by atoms with Crippen LogP contribution in [-0.4, -0.2) is 43.2 Å². The van der Waals surface area contributed by atoms with E-state index in [1.54, 1.807) is 0 Å². The molecule has 110 valence electrons. The van der Waals surface area contributed by atoms with Crippen molar-refractivity contribution in [1.82, 2.24) is 4.90 Å². The normalized spacial score (nSPS) is 17.6. The third-order valence-corrected chi connectivity index (χ3v) is 4.02. The predicted octanol–water partition coefficient (Wildman–Crippen LogP) is 2.50. The minimum absolute atomic E-state index is 0.0354. The van der Waals surface area contributed by atoms with Gasteiger partial charge in [-0.05, 0) is 18.4 Å². The first kappa shape index (κ1) is 14.0. The highest BCUT2D eigenvalue weighted by molar-refractivity contribution is 6.03. The summed E-state index contributed by atoms with van der Waals surface area (Å²) in [6.45, 7) is 4.97. The first-order valence-corrected chi connectivity index (χ1v) is 7.36. The van der Waals surface area contributed by atoms with E-state index in [-0.39, 0.29) is 11.9 Å². The van der Waals surface area contributed by atoms with Gasteiger partial charge in [0.25, 0.3) is 0 Å². The number of amides is 1. The van der Waals surface area contributed by atoms with Gasteiger partial charge in [-0.25, -0.2) is 0 Å². The first-order chi connectivity index (χ1) is 10.3. The summed E-state index contributed by atoms with van der Waals surface area (Å²) >= 11 is 0. The molecule has 0 aliphatic carbocycles. The van der Waals surface area contributed by atoms with Crippen molar-refractivity contribution in [2.45, 2.75) is 13.0 Å². The van der Waals surface area contributed by atoms with Crippen LogP contribution in [0.3, 0.4) is 0 Å². The van der Waals surface area contributed by atoms with Gasteiger partial charge in [-0.3, -0.25) is 9.69 Å². The number of nitrogens with one attached hydrogen (secondary N) is 1. The maximum absolute atomic E-state index is 12.5. The highest BCUT2D eigenvalue weighted by Gasteiger charge is 2.23. The molecule has 1 heterocycles. The fourth-order valence-electron chi connectivity index (χ4n) is 2.70. The summed E-state index contributed by atoms with van der Waals surface area (Å²) in [7, 11) is 0. The van der Waals surface area contributed by atoms with E-state index in [9.17, 15) is 4.79 Å². The van der Waals surface area contributed by atoms with Crippen molar-refractivity contribution < 1.29 is 9.53 Å². The van der Waals surface area contributed by atoms with E-state index in [0.29, 0.717) is 13.2 Å². The molecule has 1 unspecified atom stereocenters. The van der Waals surface area contributed by atoms with Crippen LogP contribution in [0.4, 0.5) is 5.69 Å². The number of ether oxygens (including phenoxy) is 1. The van der Waals surface area contributed by atoms with E-state index in [1.165, 1.54) is 0 Å². The third kappa shape index (κ3) is 3.06. The van der Waals surface area contributed by atoms with Gasteiger partial charge in [-0.2, -0.15) is 0 Å². The monoisotopic (exact) mass is 284 g/mol. The quantitative estimate of drug-likeness (QED) is 0.941. The lowest BCUT2D eigenvalue weighted by molar-refractivity contribution is -0.122. The Morgan fingerprint density at radius 2 is 1.86 bits per heavy atom. The average Bonchev–Trinajstić information content (AvgIpc) is 2.55. The Hall–Kier alpha value is -1.91. The van der Waals surface area contributed by atoms with Crippen LogP contribution < -0.4 is 5.32 Å². The van der Waals surface area contributed by atoms with Crippen molar-refractivity contribution in [3.63, 3.8) is 0 Å².